The summed E-state index contributed by atoms with van der Waals surface area (Å²) in [6.45, 7) is 6.30. The first-order valence-corrected chi connectivity index (χ1v) is 7.64. The Balaban J connectivity index is 1.74. The van der Waals surface area contributed by atoms with Gasteiger partial charge in [0.05, 0.1) is 18.9 Å². The van der Waals surface area contributed by atoms with Gasteiger partial charge in [-0.05, 0) is 18.4 Å². The lowest BCUT2D eigenvalue weighted by atomic mass is 10.0. The zero-order chi connectivity index (χ0) is 14.8. The van der Waals surface area contributed by atoms with Gasteiger partial charge in [-0.25, -0.2) is 4.79 Å². The molecule has 3 rings (SSSR count). The molecule has 0 saturated carbocycles. The zero-order valence-corrected chi connectivity index (χ0v) is 12.6. The van der Waals surface area contributed by atoms with Crippen LogP contribution in [0.25, 0.3) is 0 Å². The van der Waals surface area contributed by atoms with E-state index in [9.17, 15) is 4.79 Å². The third-order valence-electron chi connectivity index (χ3n) is 3.90. The molecule has 2 N–H and O–H groups in total. The molecule has 114 valence electrons. The molecule has 0 radical (unpaired) electrons. The first-order chi connectivity index (χ1) is 10.1. The molecule has 0 aliphatic carbocycles. The van der Waals surface area contributed by atoms with Crippen LogP contribution >= 0.6 is 0 Å². The third kappa shape index (κ3) is 2.91. The standard InChI is InChI=1S/C16H22N2O3/c1-10(2)3-6-17-16(19)18-14-12-5-8-20-13(12)9-11-4-7-21-15(11)14/h9-10H,3-8H2,1-2H3,(H2,17,18,19). The SMILES string of the molecule is CC(C)CCNC(=O)Nc1c2c(cc3c1OCC3)OCC2. The summed E-state index contributed by atoms with van der Waals surface area (Å²) in [5.41, 5.74) is 2.96. The third-order valence-corrected chi connectivity index (χ3v) is 3.90. The van der Waals surface area contributed by atoms with Crippen LogP contribution in [0.5, 0.6) is 11.5 Å². The summed E-state index contributed by atoms with van der Waals surface area (Å²) in [6, 6.07) is 1.88. The van der Waals surface area contributed by atoms with Crippen molar-refractivity contribution in [3.8, 4) is 11.5 Å². The second-order valence-corrected chi connectivity index (χ2v) is 5.98. The summed E-state index contributed by atoms with van der Waals surface area (Å²) in [4.78, 5) is 12.1. The zero-order valence-electron chi connectivity index (χ0n) is 12.6. The topological polar surface area (TPSA) is 59.6 Å². The van der Waals surface area contributed by atoms with Crippen molar-refractivity contribution >= 4 is 11.7 Å². The summed E-state index contributed by atoms with van der Waals surface area (Å²) in [5.74, 6) is 2.28. The molecule has 1 aromatic carbocycles. The van der Waals surface area contributed by atoms with Gasteiger partial charge in [-0.15, -0.1) is 0 Å². The summed E-state index contributed by atoms with van der Waals surface area (Å²) >= 11 is 0. The molecule has 0 unspecified atom stereocenters. The van der Waals surface area contributed by atoms with Gasteiger partial charge in [0.1, 0.15) is 11.5 Å². The van der Waals surface area contributed by atoms with Crippen LogP contribution in [0.1, 0.15) is 31.4 Å². The van der Waals surface area contributed by atoms with E-state index in [0.717, 1.165) is 47.6 Å². The normalized spacial score (nSPS) is 15.2. The number of urea groups is 1. The second-order valence-electron chi connectivity index (χ2n) is 5.98. The fourth-order valence-corrected chi connectivity index (χ4v) is 2.75. The van der Waals surface area contributed by atoms with Gasteiger partial charge in [0.2, 0.25) is 0 Å². The quantitative estimate of drug-likeness (QED) is 0.896. The van der Waals surface area contributed by atoms with Crippen LogP contribution in [0.2, 0.25) is 0 Å². The highest BCUT2D eigenvalue weighted by atomic mass is 16.5. The maximum Gasteiger partial charge on any atom is 0.319 e. The van der Waals surface area contributed by atoms with Crippen LogP contribution < -0.4 is 20.1 Å². The molecular formula is C16H22N2O3. The van der Waals surface area contributed by atoms with Gasteiger partial charge in [0.25, 0.3) is 0 Å². The molecule has 2 heterocycles. The Morgan fingerprint density at radius 3 is 2.90 bits per heavy atom. The van der Waals surface area contributed by atoms with Gasteiger partial charge in [-0.2, -0.15) is 0 Å². The van der Waals surface area contributed by atoms with Crippen molar-refractivity contribution in [3.05, 3.63) is 17.2 Å². The molecule has 0 atom stereocenters. The van der Waals surface area contributed by atoms with Gasteiger partial charge >= 0.3 is 6.03 Å². The lowest BCUT2D eigenvalue weighted by Crippen LogP contribution is -2.30. The van der Waals surface area contributed by atoms with Crippen molar-refractivity contribution in [2.24, 2.45) is 5.92 Å². The van der Waals surface area contributed by atoms with Crippen molar-refractivity contribution in [1.82, 2.24) is 5.32 Å². The highest BCUT2D eigenvalue weighted by Crippen LogP contribution is 2.44. The highest BCUT2D eigenvalue weighted by molar-refractivity contribution is 5.93. The molecule has 1 aromatic rings. The molecule has 2 amide bonds. The first kappa shape index (κ1) is 14.0. The predicted octanol–water partition coefficient (Wildman–Crippen LogP) is 2.72. The molecule has 0 bridgehead atoms. The van der Waals surface area contributed by atoms with Crippen LogP contribution in [-0.2, 0) is 12.8 Å². The molecule has 5 heteroatoms. The fraction of sp³-hybridized carbons (Fsp3) is 0.562. The largest absolute Gasteiger partial charge is 0.493 e. The Hall–Kier alpha value is -1.91. The number of amides is 2. The number of rotatable bonds is 4. The number of hydrogen-bond donors (Lipinski definition) is 2. The van der Waals surface area contributed by atoms with E-state index in [1.165, 1.54) is 0 Å². The number of carbonyl (C=O) groups is 1. The smallest absolute Gasteiger partial charge is 0.319 e. The fourth-order valence-electron chi connectivity index (χ4n) is 2.75. The van der Waals surface area contributed by atoms with Gasteiger partial charge in [0.15, 0.2) is 0 Å². The minimum absolute atomic E-state index is 0.173. The van der Waals surface area contributed by atoms with E-state index in [-0.39, 0.29) is 6.03 Å². The lowest BCUT2D eigenvalue weighted by molar-refractivity contribution is 0.251. The van der Waals surface area contributed by atoms with Crippen molar-refractivity contribution in [3.63, 3.8) is 0 Å². The predicted molar refractivity (Wildman–Crippen MR) is 81.3 cm³/mol. The van der Waals surface area contributed by atoms with Crippen LogP contribution in [0.4, 0.5) is 10.5 Å². The van der Waals surface area contributed by atoms with E-state index in [1.54, 1.807) is 0 Å². The Morgan fingerprint density at radius 2 is 2.10 bits per heavy atom. The highest BCUT2D eigenvalue weighted by Gasteiger charge is 2.27. The number of fused-ring (bicyclic) bond motifs is 2. The molecule has 5 nitrogen and oxygen atoms in total. The monoisotopic (exact) mass is 290 g/mol. The van der Waals surface area contributed by atoms with E-state index in [1.807, 2.05) is 6.07 Å². The van der Waals surface area contributed by atoms with Crippen molar-refractivity contribution in [2.75, 3.05) is 25.1 Å². The van der Waals surface area contributed by atoms with E-state index in [2.05, 4.69) is 24.5 Å². The average Bonchev–Trinajstić information content (AvgIpc) is 3.06. The van der Waals surface area contributed by atoms with Crippen LogP contribution in [-0.4, -0.2) is 25.8 Å². The molecule has 2 aliphatic heterocycles. The first-order valence-electron chi connectivity index (χ1n) is 7.64. The van der Waals surface area contributed by atoms with Crippen molar-refractivity contribution in [2.45, 2.75) is 33.1 Å². The van der Waals surface area contributed by atoms with Crippen LogP contribution in [0.3, 0.4) is 0 Å². The van der Waals surface area contributed by atoms with Gasteiger partial charge in [-0.3, -0.25) is 0 Å². The molecule has 21 heavy (non-hydrogen) atoms. The number of anilines is 1. The van der Waals surface area contributed by atoms with Crippen LogP contribution in [0.15, 0.2) is 6.07 Å². The summed E-state index contributed by atoms with van der Waals surface area (Å²) in [6.07, 6.45) is 2.65. The van der Waals surface area contributed by atoms with Gasteiger partial charge in [0, 0.05) is 30.5 Å². The average molecular weight is 290 g/mol. The Kier molecular flexibility index (Phi) is 3.90. The van der Waals surface area contributed by atoms with E-state index >= 15 is 0 Å². The van der Waals surface area contributed by atoms with E-state index < -0.39 is 0 Å². The second kappa shape index (κ2) is 5.84. The maximum atomic E-state index is 12.1. The number of ether oxygens (including phenoxy) is 2. The summed E-state index contributed by atoms with van der Waals surface area (Å²) in [5, 5.41) is 5.86. The van der Waals surface area contributed by atoms with Gasteiger partial charge in [-0.1, -0.05) is 13.8 Å². The molecule has 2 aliphatic rings. The minimum atomic E-state index is -0.173. The number of carbonyl (C=O) groups excluding carboxylic acids is 1. The van der Waals surface area contributed by atoms with Crippen molar-refractivity contribution in [1.29, 1.82) is 0 Å². The van der Waals surface area contributed by atoms with Gasteiger partial charge < -0.3 is 20.1 Å². The molecule has 0 saturated heterocycles. The van der Waals surface area contributed by atoms with E-state index in [0.29, 0.717) is 25.7 Å². The lowest BCUT2D eigenvalue weighted by Gasteiger charge is -2.15. The molecule has 0 aromatic heterocycles. The Morgan fingerprint density at radius 1 is 1.29 bits per heavy atom. The minimum Gasteiger partial charge on any atom is -0.493 e. The van der Waals surface area contributed by atoms with Crippen molar-refractivity contribution < 1.29 is 14.3 Å². The Labute approximate surface area is 125 Å². The van der Waals surface area contributed by atoms with Crippen LogP contribution in [0, 0.1) is 5.92 Å². The maximum absolute atomic E-state index is 12.1. The summed E-state index contributed by atoms with van der Waals surface area (Å²) in [7, 11) is 0. The molecular weight excluding hydrogens is 268 g/mol. The number of nitrogens with one attached hydrogen (secondary N) is 2. The Bertz CT molecular complexity index is 523. The molecule has 0 spiro atoms. The van der Waals surface area contributed by atoms with E-state index in [4.69, 9.17) is 9.47 Å². The number of benzene rings is 1. The molecule has 0 fully saturated rings. The number of hydrogen-bond acceptors (Lipinski definition) is 3. The summed E-state index contributed by atoms with van der Waals surface area (Å²) < 4.78 is 11.3.